The molecule has 12 heavy (non-hydrogen) atoms. The lowest BCUT2D eigenvalue weighted by atomic mass is 10.1. The average molecular weight is 218 g/mol. The molecule has 0 spiro atoms. The normalized spacial score (nSPS) is 10.7. The van der Waals surface area contributed by atoms with E-state index in [0.717, 1.165) is 18.0 Å². The molecule has 0 saturated carbocycles. The van der Waals surface area contributed by atoms with Gasteiger partial charge in [0.15, 0.2) is 0 Å². The van der Waals surface area contributed by atoms with E-state index in [9.17, 15) is 0 Å². The summed E-state index contributed by atoms with van der Waals surface area (Å²) in [5, 5.41) is 1.15. The molecule has 0 N–H and O–H groups in total. The molecule has 0 amide bonds. The molecule has 0 aliphatic carbocycles. The summed E-state index contributed by atoms with van der Waals surface area (Å²) in [6.45, 7) is 2.16. The Morgan fingerprint density at radius 2 is 1.92 bits per heavy atom. The fourth-order valence-corrected chi connectivity index (χ4v) is 2.97. The Balaban J connectivity index is 2.92. The summed E-state index contributed by atoms with van der Waals surface area (Å²) in [5.74, 6) is 0. The van der Waals surface area contributed by atoms with E-state index in [2.05, 4.69) is 13.0 Å². The topological polar surface area (TPSA) is 0 Å². The molecule has 65 valence electrons. The third kappa shape index (κ3) is 2.51. The molecule has 0 atom stereocenters. The Morgan fingerprint density at radius 1 is 1.25 bits per heavy atom. The van der Waals surface area contributed by atoms with Gasteiger partial charge >= 0.3 is 7.42 Å². The lowest BCUT2D eigenvalue weighted by Gasteiger charge is -2.06. The fourth-order valence-electron chi connectivity index (χ4n) is 1.19. The maximum absolute atomic E-state index is 5.91. The molecule has 3 heteroatoms. The average Bonchev–Trinajstić information content (AvgIpc) is 2.05. The fraction of sp³-hybridized carbons (Fsp3) is 0.333. The smallest absolute Gasteiger partial charge is 0.140 e. The van der Waals surface area contributed by atoms with Crippen LogP contribution in [0.25, 0.3) is 0 Å². The van der Waals surface area contributed by atoms with Crippen LogP contribution < -0.4 is 5.19 Å². The largest absolute Gasteiger partial charge is 0.307 e. The minimum absolute atomic E-state index is 1.07. The summed E-state index contributed by atoms with van der Waals surface area (Å²) >= 11 is 11.8. The first-order valence-electron chi connectivity index (χ1n) is 4.02. The summed E-state index contributed by atoms with van der Waals surface area (Å²) in [7, 11) is -1.32. The van der Waals surface area contributed by atoms with E-state index >= 15 is 0 Å². The first-order valence-corrected chi connectivity index (χ1v) is 7.54. The highest BCUT2D eigenvalue weighted by Gasteiger charge is 2.10. The molecule has 0 fully saturated rings. The predicted molar refractivity (Wildman–Crippen MR) is 57.5 cm³/mol. The number of hydrogen-bond acceptors (Lipinski definition) is 0. The van der Waals surface area contributed by atoms with Crippen LogP contribution in [0.1, 0.15) is 18.9 Å². The summed E-state index contributed by atoms with van der Waals surface area (Å²) < 4.78 is 0. The zero-order chi connectivity index (χ0) is 8.97. The summed E-state index contributed by atoms with van der Waals surface area (Å²) in [4.78, 5) is 0. The lowest BCUT2D eigenvalue weighted by molar-refractivity contribution is 0.927. The van der Waals surface area contributed by atoms with Gasteiger partial charge in [-0.2, -0.15) is 0 Å². The molecule has 0 aromatic heterocycles. The Morgan fingerprint density at radius 3 is 2.50 bits per heavy atom. The van der Waals surface area contributed by atoms with Crippen molar-refractivity contribution in [1.82, 2.24) is 0 Å². The van der Waals surface area contributed by atoms with Gasteiger partial charge in [0.1, 0.15) is 0 Å². The quantitative estimate of drug-likeness (QED) is 0.540. The second kappa shape index (κ2) is 4.90. The van der Waals surface area contributed by atoms with Crippen molar-refractivity contribution in [1.29, 1.82) is 0 Å². The van der Waals surface area contributed by atoms with Gasteiger partial charge in [-0.1, -0.05) is 37.6 Å². The molecule has 0 nitrogen and oxygen atoms in total. The van der Waals surface area contributed by atoms with Gasteiger partial charge in [0, 0.05) is 0 Å². The molecule has 0 bridgehead atoms. The number of benzene rings is 1. The number of rotatable bonds is 3. The van der Waals surface area contributed by atoms with Crippen LogP contribution in [0.2, 0.25) is 0 Å². The third-order valence-corrected chi connectivity index (χ3v) is 3.86. The zero-order valence-electron chi connectivity index (χ0n) is 6.98. The van der Waals surface area contributed by atoms with Crippen LogP contribution >= 0.6 is 22.2 Å². The lowest BCUT2D eigenvalue weighted by Crippen LogP contribution is -2.22. The highest BCUT2D eigenvalue weighted by atomic mass is 35.7. The Labute approximate surface area is 84.5 Å². The van der Waals surface area contributed by atoms with Crippen molar-refractivity contribution in [2.45, 2.75) is 19.8 Å². The number of halogens is 2. The van der Waals surface area contributed by atoms with E-state index in [4.69, 9.17) is 22.2 Å². The Hall–Kier alpha value is 0.0169. The van der Waals surface area contributed by atoms with Gasteiger partial charge < -0.3 is 0 Å². The standard InChI is InChI=1S/C9H11Cl2Si/c1-2-5-8-6-3-4-7-9(8)12(10)11/h3-4,6-7H,2,5H2,1H3. The highest BCUT2D eigenvalue weighted by Crippen LogP contribution is 2.05. The van der Waals surface area contributed by atoms with Crippen molar-refractivity contribution in [3.05, 3.63) is 29.8 Å². The zero-order valence-corrected chi connectivity index (χ0v) is 9.49. The minimum Gasteiger partial charge on any atom is -0.140 e. The van der Waals surface area contributed by atoms with Gasteiger partial charge in [-0.3, -0.25) is 0 Å². The summed E-state index contributed by atoms with van der Waals surface area (Å²) in [5.41, 5.74) is 1.30. The number of aryl methyl sites for hydroxylation is 1. The van der Waals surface area contributed by atoms with Crippen LogP contribution in [0, 0.1) is 0 Å². The molecule has 1 rings (SSSR count). The van der Waals surface area contributed by atoms with E-state index in [0.29, 0.717) is 0 Å². The predicted octanol–water partition coefficient (Wildman–Crippen LogP) is 2.81. The molecule has 1 aromatic carbocycles. The Kier molecular flexibility index (Phi) is 4.13. The minimum atomic E-state index is -1.32. The van der Waals surface area contributed by atoms with Gasteiger partial charge in [-0.05, 0) is 17.2 Å². The van der Waals surface area contributed by atoms with Crippen LogP contribution in [0.3, 0.4) is 0 Å². The summed E-state index contributed by atoms with van der Waals surface area (Å²) in [6, 6.07) is 8.16. The molecule has 1 radical (unpaired) electrons. The van der Waals surface area contributed by atoms with Crippen LogP contribution in [0.15, 0.2) is 24.3 Å². The van der Waals surface area contributed by atoms with Crippen molar-refractivity contribution in [2.24, 2.45) is 0 Å². The van der Waals surface area contributed by atoms with Gasteiger partial charge in [-0.15, -0.1) is 22.2 Å². The van der Waals surface area contributed by atoms with Gasteiger partial charge in [0.2, 0.25) is 0 Å². The first kappa shape index (κ1) is 10.1. The van der Waals surface area contributed by atoms with Gasteiger partial charge in [0.05, 0.1) is 0 Å². The maximum atomic E-state index is 5.91. The summed E-state index contributed by atoms with van der Waals surface area (Å²) in [6.07, 6.45) is 2.21. The van der Waals surface area contributed by atoms with Crippen molar-refractivity contribution in [3.63, 3.8) is 0 Å². The van der Waals surface area contributed by atoms with E-state index in [-0.39, 0.29) is 0 Å². The number of hydrogen-bond donors (Lipinski definition) is 0. The molecule has 0 aliphatic rings. The van der Waals surface area contributed by atoms with Crippen LogP contribution in [-0.2, 0) is 6.42 Å². The second-order valence-corrected chi connectivity index (χ2v) is 6.58. The van der Waals surface area contributed by atoms with Gasteiger partial charge in [0.25, 0.3) is 0 Å². The van der Waals surface area contributed by atoms with E-state index in [1.54, 1.807) is 0 Å². The van der Waals surface area contributed by atoms with Crippen LogP contribution in [0.5, 0.6) is 0 Å². The first-order chi connectivity index (χ1) is 5.75. The maximum Gasteiger partial charge on any atom is 0.307 e. The highest BCUT2D eigenvalue weighted by molar-refractivity contribution is 7.39. The molecule has 0 unspecified atom stereocenters. The molecular formula is C9H11Cl2Si. The van der Waals surface area contributed by atoms with Crippen molar-refractivity contribution in [2.75, 3.05) is 0 Å². The SMILES string of the molecule is CCCc1ccccc1[Si](Cl)Cl. The molecular weight excluding hydrogens is 207 g/mol. The monoisotopic (exact) mass is 217 g/mol. The Bertz CT molecular complexity index is 248. The third-order valence-electron chi connectivity index (χ3n) is 1.74. The van der Waals surface area contributed by atoms with Crippen LogP contribution in [0.4, 0.5) is 0 Å². The molecule has 0 aliphatic heterocycles. The van der Waals surface area contributed by atoms with Crippen molar-refractivity contribution in [3.8, 4) is 0 Å². The second-order valence-electron chi connectivity index (χ2n) is 2.67. The molecule has 0 heterocycles. The van der Waals surface area contributed by atoms with Crippen LogP contribution in [-0.4, -0.2) is 7.42 Å². The van der Waals surface area contributed by atoms with E-state index in [1.165, 1.54) is 5.56 Å². The molecule has 0 saturated heterocycles. The van der Waals surface area contributed by atoms with Crippen molar-refractivity contribution < 1.29 is 0 Å². The van der Waals surface area contributed by atoms with Gasteiger partial charge in [-0.25, -0.2) is 0 Å². The molecule has 1 aromatic rings. The van der Waals surface area contributed by atoms with E-state index in [1.807, 2.05) is 18.2 Å². The van der Waals surface area contributed by atoms with Crippen molar-refractivity contribution >= 4 is 34.8 Å². The van der Waals surface area contributed by atoms with E-state index < -0.39 is 7.42 Å².